The maximum absolute atomic E-state index is 10.0. The Morgan fingerprint density at radius 3 is 1.85 bits per heavy atom. The van der Waals surface area contributed by atoms with Gasteiger partial charge in [0.2, 0.25) is 0 Å². The highest BCUT2D eigenvalue weighted by Crippen LogP contribution is 2.04. The fourth-order valence-electron chi connectivity index (χ4n) is 0.735. The number of carbonyl (C=O) groups excluding carboxylic acids is 1. The van der Waals surface area contributed by atoms with E-state index in [1.165, 1.54) is 13.1 Å². The Morgan fingerprint density at radius 1 is 1.46 bits per heavy atom. The largest absolute Gasteiger partial charge is 0.444 e. The molecule has 1 saturated heterocycles. The molecule has 1 aliphatic rings. The third-order valence-corrected chi connectivity index (χ3v) is 1.39. The number of ether oxygens (including phenoxy) is 1. The highest BCUT2D eigenvalue weighted by atomic mass is 16.6. The Kier molecular flexibility index (Phi) is 4.77. The summed E-state index contributed by atoms with van der Waals surface area (Å²) in [5, 5.41) is 3.16. The maximum Gasteiger partial charge on any atom is 0.405 e. The molecular weight excluding hydrogens is 168 g/mol. The average Bonchev–Trinajstić information content (AvgIpc) is 1.78. The first kappa shape index (κ1) is 12.2. The van der Waals surface area contributed by atoms with Crippen LogP contribution in [0.3, 0.4) is 0 Å². The molecule has 1 heterocycles. The van der Waals surface area contributed by atoms with E-state index in [0.29, 0.717) is 0 Å². The van der Waals surface area contributed by atoms with Crippen LogP contribution in [0.1, 0.15) is 27.7 Å². The number of nitrogens with one attached hydrogen (secondary N) is 1. The van der Waals surface area contributed by atoms with Gasteiger partial charge in [0.05, 0.1) is 0 Å². The summed E-state index contributed by atoms with van der Waals surface area (Å²) in [6, 6.07) is 0. The molecule has 0 aromatic heterocycles. The number of amides is 1. The second-order valence-electron chi connectivity index (χ2n) is 4.30. The van der Waals surface area contributed by atoms with Gasteiger partial charge in [0.25, 0.3) is 0 Å². The molecule has 0 spiro atoms. The van der Waals surface area contributed by atoms with Crippen molar-refractivity contribution in [2.24, 2.45) is 11.7 Å². The SMILES string of the molecule is CC(C)(C)OC(N)=O.CC1CNC1. The fraction of sp³-hybridized carbons (Fsp3) is 0.889. The van der Waals surface area contributed by atoms with E-state index >= 15 is 0 Å². The van der Waals surface area contributed by atoms with Crippen LogP contribution in [0.4, 0.5) is 4.79 Å². The molecule has 13 heavy (non-hydrogen) atoms. The van der Waals surface area contributed by atoms with Crippen molar-refractivity contribution in [3.05, 3.63) is 0 Å². The quantitative estimate of drug-likeness (QED) is 0.598. The summed E-state index contributed by atoms with van der Waals surface area (Å²) < 4.78 is 4.58. The fourth-order valence-corrected chi connectivity index (χ4v) is 0.735. The van der Waals surface area contributed by atoms with Gasteiger partial charge < -0.3 is 15.8 Å². The number of hydrogen-bond acceptors (Lipinski definition) is 3. The lowest BCUT2D eigenvalue weighted by Gasteiger charge is -2.21. The Morgan fingerprint density at radius 2 is 1.85 bits per heavy atom. The Hall–Kier alpha value is -0.770. The van der Waals surface area contributed by atoms with Crippen LogP contribution in [-0.4, -0.2) is 24.8 Å². The summed E-state index contributed by atoms with van der Waals surface area (Å²) in [6.07, 6.45) is -0.725. The van der Waals surface area contributed by atoms with Crippen LogP contribution in [0.25, 0.3) is 0 Å². The van der Waals surface area contributed by atoms with Crippen molar-refractivity contribution in [1.82, 2.24) is 5.32 Å². The van der Waals surface area contributed by atoms with Gasteiger partial charge in [0.15, 0.2) is 0 Å². The lowest BCUT2D eigenvalue weighted by atomic mass is 10.1. The first-order chi connectivity index (χ1) is 5.81. The smallest absolute Gasteiger partial charge is 0.405 e. The normalized spacial score (nSPS) is 16.6. The van der Waals surface area contributed by atoms with Gasteiger partial charge in [-0.25, -0.2) is 4.79 Å². The predicted molar refractivity (Wildman–Crippen MR) is 52.5 cm³/mol. The Labute approximate surface area is 79.8 Å². The van der Waals surface area contributed by atoms with E-state index in [-0.39, 0.29) is 0 Å². The van der Waals surface area contributed by atoms with Crippen LogP contribution in [0.15, 0.2) is 0 Å². The van der Waals surface area contributed by atoms with E-state index in [9.17, 15) is 4.79 Å². The van der Waals surface area contributed by atoms with Crippen LogP contribution < -0.4 is 11.1 Å². The molecule has 1 rings (SSSR count). The molecule has 1 aliphatic heterocycles. The van der Waals surface area contributed by atoms with Crippen molar-refractivity contribution < 1.29 is 9.53 Å². The minimum atomic E-state index is -0.725. The van der Waals surface area contributed by atoms with Crippen molar-refractivity contribution in [1.29, 1.82) is 0 Å². The Bertz CT molecular complexity index is 159. The molecule has 0 atom stereocenters. The number of carbonyl (C=O) groups is 1. The summed E-state index contributed by atoms with van der Waals surface area (Å²) >= 11 is 0. The second-order valence-corrected chi connectivity index (χ2v) is 4.30. The Balaban J connectivity index is 0.000000243. The van der Waals surface area contributed by atoms with Gasteiger partial charge in [-0.05, 0) is 39.8 Å². The molecule has 0 unspecified atom stereocenters. The molecule has 4 heteroatoms. The van der Waals surface area contributed by atoms with Crippen LogP contribution in [0, 0.1) is 5.92 Å². The summed E-state index contributed by atoms with van der Waals surface area (Å²) in [4.78, 5) is 10.0. The zero-order chi connectivity index (χ0) is 10.5. The molecule has 0 bridgehead atoms. The van der Waals surface area contributed by atoms with E-state index in [4.69, 9.17) is 5.73 Å². The van der Waals surface area contributed by atoms with Crippen molar-refractivity contribution in [3.8, 4) is 0 Å². The molecule has 0 aliphatic carbocycles. The third kappa shape index (κ3) is 9.14. The maximum atomic E-state index is 10.0. The van der Waals surface area contributed by atoms with Gasteiger partial charge in [-0.2, -0.15) is 0 Å². The molecule has 0 radical (unpaired) electrons. The first-order valence-corrected chi connectivity index (χ1v) is 4.50. The molecule has 0 aromatic carbocycles. The van der Waals surface area contributed by atoms with Gasteiger partial charge in [-0.3, -0.25) is 0 Å². The molecule has 4 nitrogen and oxygen atoms in total. The van der Waals surface area contributed by atoms with Crippen LogP contribution in [0.5, 0.6) is 0 Å². The van der Waals surface area contributed by atoms with E-state index < -0.39 is 11.7 Å². The van der Waals surface area contributed by atoms with Crippen molar-refractivity contribution in [2.75, 3.05) is 13.1 Å². The monoisotopic (exact) mass is 188 g/mol. The molecule has 0 saturated carbocycles. The highest BCUT2D eigenvalue weighted by Gasteiger charge is 2.12. The van der Waals surface area contributed by atoms with Crippen molar-refractivity contribution in [3.63, 3.8) is 0 Å². The van der Waals surface area contributed by atoms with E-state index in [1.807, 2.05) is 0 Å². The summed E-state index contributed by atoms with van der Waals surface area (Å²) in [7, 11) is 0. The van der Waals surface area contributed by atoms with E-state index in [0.717, 1.165) is 5.92 Å². The lowest BCUT2D eigenvalue weighted by Crippen LogP contribution is -2.39. The second kappa shape index (κ2) is 5.07. The zero-order valence-corrected chi connectivity index (χ0v) is 8.89. The number of primary amides is 1. The van der Waals surface area contributed by atoms with Gasteiger partial charge in [0.1, 0.15) is 5.60 Å². The highest BCUT2D eigenvalue weighted by molar-refractivity contribution is 5.65. The molecule has 78 valence electrons. The average molecular weight is 188 g/mol. The molecule has 0 aromatic rings. The summed E-state index contributed by atoms with van der Waals surface area (Å²) in [6.45, 7) is 10.0. The van der Waals surface area contributed by atoms with Gasteiger partial charge in [0, 0.05) is 0 Å². The zero-order valence-electron chi connectivity index (χ0n) is 8.89. The summed E-state index contributed by atoms with van der Waals surface area (Å²) in [5.41, 5.74) is 4.26. The van der Waals surface area contributed by atoms with Gasteiger partial charge in [-0.1, -0.05) is 6.92 Å². The molecular formula is C9H20N2O2. The molecule has 3 N–H and O–H groups in total. The molecule has 1 fully saturated rings. The molecule has 1 amide bonds. The van der Waals surface area contributed by atoms with Gasteiger partial charge >= 0.3 is 6.09 Å². The number of nitrogens with two attached hydrogens (primary N) is 1. The lowest BCUT2D eigenvalue weighted by molar-refractivity contribution is 0.0600. The topological polar surface area (TPSA) is 64.3 Å². The predicted octanol–water partition coefficient (Wildman–Crippen LogP) is 1.11. The van der Waals surface area contributed by atoms with Crippen LogP contribution in [-0.2, 0) is 4.74 Å². The van der Waals surface area contributed by atoms with E-state index in [2.05, 4.69) is 17.0 Å². The van der Waals surface area contributed by atoms with E-state index in [1.54, 1.807) is 20.8 Å². The van der Waals surface area contributed by atoms with Crippen LogP contribution >= 0.6 is 0 Å². The summed E-state index contributed by atoms with van der Waals surface area (Å²) in [5.74, 6) is 0.954. The van der Waals surface area contributed by atoms with Crippen LogP contribution in [0.2, 0.25) is 0 Å². The minimum absolute atomic E-state index is 0.453. The number of hydrogen-bond donors (Lipinski definition) is 2. The standard InChI is InChI=1S/C5H11NO2.C4H9N/c1-5(2,3)8-4(6)7;1-4-2-5-3-4/h1-3H3,(H2,6,7);4-5H,2-3H2,1H3. The minimum Gasteiger partial charge on any atom is -0.444 e. The van der Waals surface area contributed by atoms with Gasteiger partial charge in [-0.15, -0.1) is 0 Å². The van der Waals surface area contributed by atoms with Crippen molar-refractivity contribution >= 4 is 6.09 Å². The first-order valence-electron chi connectivity index (χ1n) is 4.50. The number of rotatable bonds is 0. The van der Waals surface area contributed by atoms with Crippen molar-refractivity contribution in [2.45, 2.75) is 33.3 Å². The third-order valence-electron chi connectivity index (χ3n) is 1.39.